The van der Waals surface area contributed by atoms with Crippen LogP contribution in [0.2, 0.25) is 0 Å². The fourth-order valence-electron chi connectivity index (χ4n) is 1.83. The zero-order valence-corrected chi connectivity index (χ0v) is 8.27. The molecule has 0 spiro atoms. The van der Waals surface area contributed by atoms with Gasteiger partial charge in [-0.15, -0.1) is 0 Å². The van der Waals surface area contributed by atoms with E-state index in [1.54, 1.807) is 0 Å². The summed E-state index contributed by atoms with van der Waals surface area (Å²) in [6.07, 6.45) is 1.25. The van der Waals surface area contributed by atoms with Gasteiger partial charge in [0.25, 0.3) is 5.88 Å². The quantitative estimate of drug-likeness (QED) is 0.806. The molecule has 0 amide bonds. The molecule has 1 N–H and O–H groups in total. The highest BCUT2D eigenvalue weighted by Crippen LogP contribution is 2.25. The van der Waals surface area contributed by atoms with Gasteiger partial charge in [0.1, 0.15) is 6.10 Å². The summed E-state index contributed by atoms with van der Waals surface area (Å²) < 4.78 is 10.9. The zero-order chi connectivity index (χ0) is 10.1. The van der Waals surface area contributed by atoms with E-state index < -0.39 is 0 Å². The molecule has 1 aromatic carbocycles. The normalized spacial score (nSPS) is 20.9. The summed E-state index contributed by atoms with van der Waals surface area (Å²) in [7, 11) is 0. The molecular formula is C11H12N2O2. The number of para-hydroxylation sites is 1. The molecule has 4 nitrogen and oxygen atoms in total. The number of aromatic nitrogens is 1. The van der Waals surface area contributed by atoms with Gasteiger partial charge >= 0.3 is 0 Å². The van der Waals surface area contributed by atoms with Crippen molar-refractivity contribution in [3.8, 4) is 5.88 Å². The molecule has 3 rings (SSSR count). The van der Waals surface area contributed by atoms with Gasteiger partial charge in [0.2, 0.25) is 0 Å². The Bertz CT molecular complexity index is 460. The molecule has 1 aliphatic rings. The predicted octanol–water partition coefficient (Wildman–Crippen LogP) is 1.57. The second-order valence-corrected chi connectivity index (χ2v) is 3.72. The molecule has 4 heteroatoms. The molecule has 1 fully saturated rings. The molecule has 1 aliphatic heterocycles. The van der Waals surface area contributed by atoms with Crippen LogP contribution in [-0.2, 0) is 0 Å². The van der Waals surface area contributed by atoms with Crippen LogP contribution in [0.25, 0.3) is 11.0 Å². The van der Waals surface area contributed by atoms with E-state index in [2.05, 4.69) is 10.5 Å². The lowest BCUT2D eigenvalue weighted by atomic mass is 10.2. The molecule has 1 atom stereocenters. The number of nitrogens with one attached hydrogen (secondary N) is 1. The third-order valence-corrected chi connectivity index (χ3v) is 2.64. The zero-order valence-electron chi connectivity index (χ0n) is 8.27. The summed E-state index contributed by atoms with van der Waals surface area (Å²) in [4.78, 5) is 0. The number of benzene rings is 1. The second kappa shape index (κ2) is 3.55. The van der Waals surface area contributed by atoms with Crippen LogP contribution in [0.5, 0.6) is 5.88 Å². The van der Waals surface area contributed by atoms with Crippen LogP contribution >= 0.6 is 0 Å². The van der Waals surface area contributed by atoms with Crippen LogP contribution < -0.4 is 10.1 Å². The van der Waals surface area contributed by atoms with E-state index in [-0.39, 0.29) is 6.10 Å². The van der Waals surface area contributed by atoms with Gasteiger partial charge in [0, 0.05) is 6.54 Å². The fraction of sp³-hybridized carbons (Fsp3) is 0.364. The maximum Gasteiger partial charge on any atom is 0.262 e. The van der Waals surface area contributed by atoms with Gasteiger partial charge in [-0.1, -0.05) is 12.1 Å². The highest BCUT2D eigenvalue weighted by atomic mass is 16.5. The van der Waals surface area contributed by atoms with Crippen molar-refractivity contribution >= 4 is 11.0 Å². The van der Waals surface area contributed by atoms with Gasteiger partial charge in [0.15, 0.2) is 5.58 Å². The topological polar surface area (TPSA) is 47.3 Å². The van der Waals surface area contributed by atoms with E-state index in [0.29, 0.717) is 5.88 Å². The summed E-state index contributed by atoms with van der Waals surface area (Å²) in [6, 6.07) is 7.74. The Morgan fingerprint density at radius 3 is 3.20 bits per heavy atom. The number of hydrogen-bond acceptors (Lipinski definition) is 4. The molecule has 2 heterocycles. The van der Waals surface area contributed by atoms with Gasteiger partial charge < -0.3 is 14.6 Å². The minimum absolute atomic E-state index is 0.221. The van der Waals surface area contributed by atoms with E-state index in [1.807, 2.05) is 24.3 Å². The van der Waals surface area contributed by atoms with E-state index in [9.17, 15) is 0 Å². The maximum atomic E-state index is 5.76. The van der Waals surface area contributed by atoms with Crippen LogP contribution in [0.15, 0.2) is 28.8 Å². The fourth-order valence-corrected chi connectivity index (χ4v) is 1.83. The number of rotatable bonds is 2. The average molecular weight is 204 g/mol. The van der Waals surface area contributed by atoms with Crippen LogP contribution in [-0.4, -0.2) is 24.4 Å². The van der Waals surface area contributed by atoms with Gasteiger partial charge in [-0.25, -0.2) is 0 Å². The van der Waals surface area contributed by atoms with Gasteiger partial charge in [-0.05, 0) is 30.3 Å². The Kier molecular flexibility index (Phi) is 2.07. The minimum atomic E-state index is 0.221. The minimum Gasteiger partial charge on any atom is -0.470 e. The summed E-state index contributed by atoms with van der Waals surface area (Å²) in [6.45, 7) is 1.90. The lowest BCUT2D eigenvalue weighted by molar-refractivity contribution is 0.204. The third kappa shape index (κ3) is 1.57. The van der Waals surface area contributed by atoms with Gasteiger partial charge in [-0.3, -0.25) is 0 Å². The number of nitrogens with zero attached hydrogens (tertiary/aromatic N) is 1. The van der Waals surface area contributed by atoms with E-state index in [4.69, 9.17) is 9.26 Å². The van der Waals surface area contributed by atoms with Crippen molar-refractivity contribution in [1.82, 2.24) is 10.5 Å². The van der Waals surface area contributed by atoms with E-state index >= 15 is 0 Å². The highest BCUT2D eigenvalue weighted by molar-refractivity contribution is 5.81. The van der Waals surface area contributed by atoms with Crippen molar-refractivity contribution in [2.75, 3.05) is 13.1 Å². The molecule has 1 aromatic heterocycles. The van der Waals surface area contributed by atoms with Crippen molar-refractivity contribution in [1.29, 1.82) is 0 Å². The van der Waals surface area contributed by atoms with Gasteiger partial charge in [0.05, 0.1) is 5.39 Å². The van der Waals surface area contributed by atoms with E-state index in [1.165, 1.54) is 0 Å². The molecular weight excluding hydrogens is 192 g/mol. The van der Waals surface area contributed by atoms with Crippen molar-refractivity contribution in [3.63, 3.8) is 0 Å². The molecule has 0 saturated carbocycles. The Labute approximate surface area is 87.2 Å². The number of ether oxygens (including phenoxy) is 1. The standard InChI is InChI=1S/C11H12N2O2/c1-2-4-10-9(3-1)11(13-15-10)14-8-5-6-12-7-8/h1-4,8,12H,5-7H2. The largest absolute Gasteiger partial charge is 0.470 e. The summed E-state index contributed by atoms with van der Waals surface area (Å²) in [5.41, 5.74) is 0.776. The smallest absolute Gasteiger partial charge is 0.262 e. The monoisotopic (exact) mass is 204 g/mol. The molecule has 1 saturated heterocycles. The third-order valence-electron chi connectivity index (χ3n) is 2.64. The molecule has 2 aromatic rings. The average Bonchev–Trinajstić information content (AvgIpc) is 2.89. The predicted molar refractivity (Wildman–Crippen MR) is 55.9 cm³/mol. The van der Waals surface area contributed by atoms with Crippen molar-refractivity contribution < 1.29 is 9.26 Å². The Morgan fingerprint density at radius 2 is 2.33 bits per heavy atom. The molecule has 1 unspecified atom stereocenters. The summed E-state index contributed by atoms with van der Waals surface area (Å²) in [5.74, 6) is 0.610. The first kappa shape index (κ1) is 8.73. The molecule has 0 bridgehead atoms. The SMILES string of the molecule is c1ccc2c(OC3CCNC3)noc2c1. The van der Waals surface area contributed by atoms with Crippen molar-refractivity contribution in [2.45, 2.75) is 12.5 Å². The first-order chi connectivity index (χ1) is 7.43. The Morgan fingerprint density at radius 1 is 1.40 bits per heavy atom. The molecule has 78 valence electrons. The van der Waals surface area contributed by atoms with Gasteiger partial charge in [-0.2, -0.15) is 0 Å². The summed E-state index contributed by atoms with van der Waals surface area (Å²) in [5, 5.41) is 8.13. The van der Waals surface area contributed by atoms with Crippen molar-refractivity contribution in [3.05, 3.63) is 24.3 Å². The first-order valence-corrected chi connectivity index (χ1v) is 5.15. The summed E-state index contributed by atoms with van der Waals surface area (Å²) >= 11 is 0. The molecule has 15 heavy (non-hydrogen) atoms. The molecule has 0 aliphatic carbocycles. The lowest BCUT2D eigenvalue weighted by Crippen LogP contribution is -2.19. The number of hydrogen-bond donors (Lipinski definition) is 1. The Balaban J connectivity index is 1.90. The van der Waals surface area contributed by atoms with Crippen LogP contribution in [0, 0.1) is 0 Å². The number of fused-ring (bicyclic) bond motifs is 1. The lowest BCUT2D eigenvalue weighted by Gasteiger charge is -2.08. The first-order valence-electron chi connectivity index (χ1n) is 5.15. The highest BCUT2D eigenvalue weighted by Gasteiger charge is 2.19. The van der Waals surface area contributed by atoms with E-state index in [0.717, 1.165) is 30.5 Å². The Hall–Kier alpha value is -1.55. The van der Waals surface area contributed by atoms with Crippen molar-refractivity contribution in [2.24, 2.45) is 0 Å². The molecule has 0 radical (unpaired) electrons. The van der Waals surface area contributed by atoms with Crippen LogP contribution in [0.1, 0.15) is 6.42 Å². The van der Waals surface area contributed by atoms with Crippen LogP contribution in [0.4, 0.5) is 0 Å². The second-order valence-electron chi connectivity index (χ2n) is 3.72. The van der Waals surface area contributed by atoms with Crippen LogP contribution in [0.3, 0.4) is 0 Å². The maximum absolute atomic E-state index is 5.76.